The number of aromatic carboxylic acids is 1. The number of carboxylic acid groups (broad SMARTS) is 1. The Bertz CT molecular complexity index is 632. The summed E-state index contributed by atoms with van der Waals surface area (Å²) in [7, 11) is 0. The van der Waals surface area contributed by atoms with Crippen LogP contribution >= 0.6 is 11.6 Å². The van der Waals surface area contributed by atoms with E-state index in [9.17, 15) is 9.90 Å². The first-order valence-corrected chi connectivity index (χ1v) is 6.65. The smallest absolute Gasteiger partial charge is 0.356 e. The summed E-state index contributed by atoms with van der Waals surface area (Å²) in [6.45, 7) is 2.74. The van der Waals surface area contributed by atoms with Crippen LogP contribution in [-0.4, -0.2) is 38.4 Å². The Hall–Kier alpha value is -1.59. The van der Waals surface area contributed by atoms with Gasteiger partial charge in [-0.05, 0) is 38.1 Å². The number of rotatable bonds is 3. The molecule has 2 aromatic rings. The zero-order valence-corrected chi connectivity index (χ0v) is 11.1. The van der Waals surface area contributed by atoms with Gasteiger partial charge >= 0.3 is 5.97 Å². The minimum Gasteiger partial charge on any atom is -0.476 e. The first-order valence-electron chi connectivity index (χ1n) is 6.27. The first kappa shape index (κ1) is 12.4. The van der Waals surface area contributed by atoms with E-state index in [2.05, 4.69) is 9.88 Å². The zero-order valence-electron chi connectivity index (χ0n) is 10.3. The fraction of sp³-hybridized carbons (Fsp3) is 0.385. The Labute approximate surface area is 115 Å². The van der Waals surface area contributed by atoms with Crippen LogP contribution in [0.1, 0.15) is 29.2 Å². The van der Waals surface area contributed by atoms with Crippen molar-refractivity contribution in [2.75, 3.05) is 13.1 Å². The van der Waals surface area contributed by atoms with E-state index in [4.69, 9.17) is 11.6 Å². The molecule has 2 aromatic heterocycles. The molecule has 0 aliphatic carbocycles. The highest BCUT2D eigenvalue weighted by Crippen LogP contribution is 2.20. The lowest BCUT2D eigenvalue weighted by Crippen LogP contribution is -2.20. The third-order valence-electron chi connectivity index (χ3n) is 3.44. The van der Waals surface area contributed by atoms with Gasteiger partial charge in [-0.2, -0.15) is 0 Å². The van der Waals surface area contributed by atoms with Crippen molar-refractivity contribution in [2.24, 2.45) is 0 Å². The Morgan fingerprint density at radius 2 is 2.11 bits per heavy atom. The van der Waals surface area contributed by atoms with Gasteiger partial charge < -0.3 is 9.51 Å². The predicted molar refractivity (Wildman–Crippen MR) is 71.7 cm³/mol. The molecule has 0 spiro atoms. The summed E-state index contributed by atoms with van der Waals surface area (Å²) in [6.07, 6.45) is 4.10. The molecule has 0 saturated carbocycles. The molecule has 3 heterocycles. The number of fused-ring (bicyclic) bond motifs is 1. The van der Waals surface area contributed by atoms with Crippen molar-refractivity contribution >= 4 is 23.1 Å². The van der Waals surface area contributed by atoms with E-state index < -0.39 is 5.97 Å². The lowest BCUT2D eigenvalue weighted by molar-refractivity contribution is 0.0693. The number of likely N-dealkylation sites (tertiary alicyclic amines) is 1. The maximum atomic E-state index is 11.2. The minimum absolute atomic E-state index is 0.0888. The summed E-state index contributed by atoms with van der Waals surface area (Å²) >= 11 is 5.99. The van der Waals surface area contributed by atoms with Gasteiger partial charge in [0, 0.05) is 6.20 Å². The molecular weight excluding hydrogens is 266 g/mol. The predicted octanol–water partition coefficient (Wildman–Crippen LogP) is 2.28. The third-order valence-corrected chi connectivity index (χ3v) is 3.66. The van der Waals surface area contributed by atoms with Crippen LogP contribution in [0.5, 0.6) is 0 Å². The maximum Gasteiger partial charge on any atom is 0.356 e. The van der Waals surface area contributed by atoms with Crippen LogP contribution in [0, 0.1) is 0 Å². The van der Waals surface area contributed by atoms with Gasteiger partial charge in [0.05, 0.1) is 17.1 Å². The third kappa shape index (κ3) is 2.31. The van der Waals surface area contributed by atoms with Crippen LogP contribution in [0.2, 0.25) is 5.02 Å². The number of aromatic nitrogens is 2. The molecule has 1 aliphatic heterocycles. The largest absolute Gasteiger partial charge is 0.476 e. The second kappa shape index (κ2) is 4.83. The van der Waals surface area contributed by atoms with Crippen LogP contribution in [0.3, 0.4) is 0 Å². The van der Waals surface area contributed by atoms with E-state index in [1.165, 1.54) is 12.8 Å². The topological polar surface area (TPSA) is 57.8 Å². The van der Waals surface area contributed by atoms with Gasteiger partial charge in [-0.3, -0.25) is 4.90 Å². The number of pyridine rings is 1. The zero-order chi connectivity index (χ0) is 13.4. The highest BCUT2D eigenvalue weighted by Gasteiger charge is 2.20. The van der Waals surface area contributed by atoms with Crippen molar-refractivity contribution in [1.29, 1.82) is 0 Å². The van der Waals surface area contributed by atoms with Gasteiger partial charge in [-0.1, -0.05) is 11.6 Å². The number of carbonyl (C=O) groups is 1. The standard InChI is InChI=1S/C13H14ClN3O2/c14-9-3-4-10-12(13(18)19)15-11(17(10)7-9)8-16-5-1-2-6-16/h3-4,7H,1-2,5-6,8H2,(H,18,19). The van der Waals surface area contributed by atoms with E-state index in [0.29, 0.717) is 17.1 Å². The molecule has 0 amide bonds. The van der Waals surface area contributed by atoms with Crippen molar-refractivity contribution in [3.05, 3.63) is 34.9 Å². The molecule has 1 fully saturated rings. The van der Waals surface area contributed by atoms with E-state index >= 15 is 0 Å². The molecule has 5 nitrogen and oxygen atoms in total. The Morgan fingerprint density at radius 1 is 1.37 bits per heavy atom. The highest BCUT2D eigenvalue weighted by molar-refractivity contribution is 6.30. The Morgan fingerprint density at radius 3 is 2.79 bits per heavy atom. The van der Waals surface area contributed by atoms with Crippen molar-refractivity contribution in [1.82, 2.24) is 14.3 Å². The molecule has 1 saturated heterocycles. The lowest BCUT2D eigenvalue weighted by Gasteiger charge is -2.13. The summed E-state index contributed by atoms with van der Waals surface area (Å²) in [4.78, 5) is 17.8. The molecule has 0 radical (unpaired) electrons. The molecule has 0 bridgehead atoms. The summed E-state index contributed by atoms with van der Waals surface area (Å²) in [6, 6.07) is 3.39. The molecule has 1 aliphatic rings. The van der Waals surface area contributed by atoms with Crippen LogP contribution in [0.15, 0.2) is 18.3 Å². The second-order valence-corrected chi connectivity index (χ2v) is 5.20. The molecule has 3 rings (SSSR count). The molecule has 0 atom stereocenters. The fourth-order valence-electron chi connectivity index (χ4n) is 2.53. The summed E-state index contributed by atoms with van der Waals surface area (Å²) < 4.78 is 1.78. The molecule has 1 N–H and O–H groups in total. The van der Waals surface area contributed by atoms with Crippen molar-refractivity contribution < 1.29 is 9.90 Å². The molecule has 0 unspecified atom stereocenters. The van der Waals surface area contributed by atoms with E-state index in [0.717, 1.165) is 18.9 Å². The average Bonchev–Trinajstić information content (AvgIpc) is 2.98. The van der Waals surface area contributed by atoms with E-state index in [-0.39, 0.29) is 5.69 Å². The summed E-state index contributed by atoms with van der Waals surface area (Å²) in [5.41, 5.74) is 0.678. The molecule has 6 heteroatoms. The molecular formula is C13H14ClN3O2. The van der Waals surface area contributed by atoms with Gasteiger partial charge in [-0.15, -0.1) is 0 Å². The number of nitrogens with zero attached hydrogens (tertiary/aromatic N) is 3. The minimum atomic E-state index is -1.01. The lowest BCUT2D eigenvalue weighted by atomic mass is 10.3. The van der Waals surface area contributed by atoms with Crippen molar-refractivity contribution in [3.63, 3.8) is 0 Å². The van der Waals surface area contributed by atoms with Gasteiger partial charge in [0.15, 0.2) is 5.69 Å². The maximum absolute atomic E-state index is 11.2. The van der Waals surface area contributed by atoms with Crippen LogP contribution in [-0.2, 0) is 6.54 Å². The fourth-order valence-corrected chi connectivity index (χ4v) is 2.69. The van der Waals surface area contributed by atoms with Crippen LogP contribution < -0.4 is 0 Å². The number of hydrogen-bond acceptors (Lipinski definition) is 3. The summed E-state index contributed by atoms with van der Waals surface area (Å²) in [5.74, 6) is -0.274. The Kier molecular flexibility index (Phi) is 3.16. The monoisotopic (exact) mass is 279 g/mol. The molecule has 100 valence electrons. The number of halogens is 1. The SMILES string of the molecule is O=C(O)c1nc(CN2CCCC2)n2cc(Cl)ccc12. The number of imidazole rings is 1. The van der Waals surface area contributed by atoms with E-state index in [1.807, 2.05) is 0 Å². The van der Waals surface area contributed by atoms with Gasteiger partial charge in [0.25, 0.3) is 0 Å². The molecule has 0 aromatic carbocycles. The van der Waals surface area contributed by atoms with Gasteiger partial charge in [0.2, 0.25) is 0 Å². The van der Waals surface area contributed by atoms with Crippen molar-refractivity contribution in [3.8, 4) is 0 Å². The highest BCUT2D eigenvalue weighted by atomic mass is 35.5. The quantitative estimate of drug-likeness (QED) is 0.936. The van der Waals surface area contributed by atoms with Crippen molar-refractivity contribution in [2.45, 2.75) is 19.4 Å². The first-order chi connectivity index (χ1) is 9.15. The normalized spacial score (nSPS) is 16.3. The summed E-state index contributed by atoms with van der Waals surface area (Å²) in [5, 5.41) is 9.78. The van der Waals surface area contributed by atoms with Gasteiger partial charge in [-0.25, -0.2) is 9.78 Å². The number of hydrogen-bond donors (Lipinski definition) is 1. The van der Waals surface area contributed by atoms with Crippen LogP contribution in [0.25, 0.3) is 5.52 Å². The van der Waals surface area contributed by atoms with Gasteiger partial charge in [0.1, 0.15) is 5.82 Å². The second-order valence-electron chi connectivity index (χ2n) is 4.77. The average molecular weight is 280 g/mol. The van der Waals surface area contributed by atoms with Crippen LogP contribution in [0.4, 0.5) is 0 Å². The number of carboxylic acids is 1. The van der Waals surface area contributed by atoms with E-state index in [1.54, 1.807) is 22.7 Å². The molecule has 19 heavy (non-hydrogen) atoms. The Balaban J connectivity index is 2.06.